The Hall–Kier alpha value is -5.37. The maximum atomic E-state index is 13.9. The van der Waals surface area contributed by atoms with Crippen molar-refractivity contribution in [3.05, 3.63) is 135 Å². The summed E-state index contributed by atoms with van der Waals surface area (Å²) in [5.74, 6) is -1.43. The predicted octanol–water partition coefficient (Wildman–Crippen LogP) is 6.96. The van der Waals surface area contributed by atoms with Crippen LogP contribution in [0.2, 0.25) is 0 Å². The molecule has 198 valence electrons. The van der Waals surface area contributed by atoms with E-state index in [1.807, 2.05) is 42.5 Å². The van der Waals surface area contributed by atoms with E-state index in [0.29, 0.717) is 38.9 Å². The van der Waals surface area contributed by atoms with Crippen LogP contribution < -0.4 is 5.32 Å². The summed E-state index contributed by atoms with van der Waals surface area (Å²) in [5.41, 5.74) is 3.81. The van der Waals surface area contributed by atoms with E-state index in [4.69, 9.17) is 9.72 Å². The highest BCUT2D eigenvalue weighted by molar-refractivity contribution is 6.08. The Bertz CT molecular complexity index is 1740. The Balaban J connectivity index is 1.56. The zero-order chi connectivity index (χ0) is 28.2. The second-order valence-electron chi connectivity index (χ2n) is 9.31. The van der Waals surface area contributed by atoms with Gasteiger partial charge in [0.2, 0.25) is 6.10 Å². The first-order valence-corrected chi connectivity index (χ1v) is 12.6. The van der Waals surface area contributed by atoms with Crippen LogP contribution >= 0.6 is 0 Å². The topological polar surface area (TPSA) is 111 Å². The van der Waals surface area contributed by atoms with Crippen LogP contribution in [-0.4, -0.2) is 21.8 Å². The maximum Gasteiger partial charge on any atom is 0.340 e. The van der Waals surface area contributed by atoms with Gasteiger partial charge in [-0.05, 0) is 37.1 Å². The number of hydrogen-bond donors (Lipinski definition) is 1. The van der Waals surface area contributed by atoms with Crippen molar-refractivity contribution >= 4 is 34.2 Å². The number of nitro groups is 1. The van der Waals surface area contributed by atoms with Crippen molar-refractivity contribution in [1.82, 2.24) is 4.98 Å². The van der Waals surface area contributed by atoms with Gasteiger partial charge in [-0.15, -0.1) is 0 Å². The van der Waals surface area contributed by atoms with E-state index >= 15 is 0 Å². The van der Waals surface area contributed by atoms with Gasteiger partial charge in [0.25, 0.3) is 11.6 Å². The van der Waals surface area contributed by atoms with Crippen molar-refractivity contribution in [2.45, 2.75) is 20.0 Å². The number of nitrogens with zero attached hydrogens (tertiary/aromatic N) is 2. The van der Waals surface area contributed by atoms with Crippen LogP contribution in [0, 0.1) is 24.0 Å². The lowest BCUT2D eigenvalue weighted by Crippen LogP contribution is -2.26. The first-order valence-electron chi connectivity index (χ1n) is 12.6. The van der Waals surface area contributed by atoms with E-state index < -0.39 is 22.9 Å². The van der Waals surface area contributed by atoms with Gasteiger partial charge >= 0.3 is 5.97 Å². The van der Waals surface area contributed by atoms with E-state index in [-0.39, 0.29) is 11.4 Å². The molecule has 1 unspecified atom stereocenters. The molecule has 0 aliphatic rings. The number of nitro benzene ring substituents is 1. The summed E-state index contributed by atoms with van der Waals surface area (Å²) in [6.07, 6.45) is -1.37. The summed E-state index contributed by atoms with van der Waals surface area (Å²) in [6.45, 7) is 3.52. The fourth-order valence-electron chi connectivity index (χ4n) is 4.61. The average molecular weight is 532 g/mol. The van der Waals surface area contributed by atoms with Crippen LogP contribution in [0.5, 0.6) is 0 Å². The Morgan fingerprint density at radius 3 is 2.23 bits per heavy atom. The highest BCUT2D eigenvalue weighted by Crippen LogP contribution is 2.32. The zero-order valence-corrected chi connectivity index (χ0v) is 21.8. The Morgan fingerprint density at radius 1 is 0.875 bits per heavy atom. The second kappa shape index (κ2) is 11.2. The number of amides is 1. The van der Waals surface area contributed by atoms with Gasteiger partial charge in [-0.3, -0.25) is 14.9 Å². The normalized spacial score (nSPS) is 11.6. The number of aromatic nitrogens is 1. The third-order valence-corrected chi connectivity index (χ3v) is 6.56. The van der Waals surface area contributed by atoms with Crippen molar-refractivity contribution in [2.75, 3.05) is 5.32 Å². The van der Waals surface area contributed by atoms with Crippen LogP contribution in [0.25, 0.3) is 22.2 Å². The molecule has 0 radical (unpaired) electrons. The largest absolute Gasteiger partial charge is 0.444 e. The smallest absolute Gasteiger partial charge is 0.340 e. The maximum absolute atomic E-state index is 13.9. The number of nitrogens with one attached hydrogen (secondary N) is 1. The average Bonchev–Trinajstić information content (AvgIpc) is 2.97. The number of fused-ring (bicyclic) bond motifs is 1. The first-order chi connectivity index (χ1) is 19.3. The van der Waals surface area contributed by atoms with Gasteiger partial charge in [-0.1, -0.05) is 84.9 Å². The molecule has 1 aromatic heterocycles. The molecule has 8 heteroatoms. The molecule has 1 N–H and O–H groups in total. The number of esters is 1. The summed E-state index contributed by atoms with van der Waals surface area (Å²) in [7, 11) is 0. The van der Waals surface area contributed by atoms with Crippen molar-refractivity contribution in [3.8, 4) is 11.3 Å². The molecular weight excluding hydrogens is 506 g/mol. The third kappa shape index (κ3) is 5.28. The minimum Gasteiger partial charge on any atom is -0.444 e. The summed E-state index contributed by atoms with van der Waals surface area (Å²) < 4.78 is 5.91. The number of carbonyl (C=O) groups is 2. The van der Waals surface area contributed by atoms with Crippen molar-refractivity contribution in [2.24, 2.45) is 0 Å². The number of hydrogen-bond acceptors (Lipinski definition) is 6. The monoisotopic (exact) mass is 531 g/mol. The quantitative estimate of drug-likeness (QED) is 0.138. The lowest BCUT2D eigenvalue weighted by atomic mass is 9.97. The number of ether oxygens (including phenoxy) is 1. The van der Waals surface area contributed by atoms with Gasteiger partial charge in [-0.25, -0.2) is 9.78 Å². The predicted molar refractivity (Wildman–Crippen MR) is 153 cm³/mol. The van der Waals surface area contributed by atoms with Gasteiger partial charge in [-0.2, -0.15) is 0 Å². The minimum absolute atomic E-state index is 0.00878. The van der Waals surface area contributed by atoms with Crippen molar-refractivity contribution in [1.29, 1.82) is 0 Å². The highest BCUT2D eigenvalue weighted by Gasteiger charge is 2.30. The van der Waals surface area contributed by atoms with Gasteiger partial charge in [0, 0.05) is 22.6 Å². The highest BCUT2D eigenvalue weighted by atomic mass is 16.6. The van der Waals surface area contributed by atoms with E-state index in [1.54, 1.807) is 62.4 Å². The van der Waals surface area contributed by atoms with E-state index in [2.05, 4.69) is 5.32 Å². The Labute approximate surface area is 230 Å². The van der Waals surface area contributed by atoms with Crippen LogP contribution in [-0.2, 0) is 9.53 Å². The molecule has 0 fully saturated rings. The van der Waals surface area contributed by atoms with Crippen LogP contribution in [0.4, 0.5) is 11.4 Å². The molecule has 0 spiro atoms. The fraction of sp³-hybridized carbons (Fsp3) is 0.0938. The fourth-order valence-corrected chi connectivity index (χ4v) is 4.61. The zero-order valence-electron chi connectivity index (χ0n) is 21.8. The molecule has 0 bridgehead atoms. The molecular formula is C32H25N3O5. The Morgan fingerprint density at radius 2 is 1.52 bits per heavy atom. The van der Waals surface area contributed by atoms with E-state index in [1.165, 1.54) is 12.1 Å². The molecule has 1 amide bonds. The molecule has 0 aliphatic carbocycles. The number of anilines is 1. The third-order valence-electron chi connectivity index (χ3n) is 6.56. The Kier molecular flexibility index (Phi) is 7.33. The van der Waals surface area contributed by atoms with E-state index in [0.717, 1.165) is 5.56 Å². The van der Waals surface area contributed by atoms with E-state index in [9.17, 15) is 19.7 Å². The second-order valence-corrected chi connectivity index (χ2v) is 9.31. The molecule has 40 heavy (non-hydrogen) atoms. The number of carbonyl (C=O) groups excluding carboxylic acids is 2. The SMILES string of the molecule is Cc1ccc(NC(=O)C(OC(=O)c2c(C)c(-c3ccccc3)nc3ccccc23)c2ccccc2)c([N+](=O)[O-])c1. The van der Waals surface area contributed by atoms with Crippen LogP contribution in [0.1, 0.15) is 33.2 Å². The molecule has 8 nitrogen and oxygen atoms in total. The van der Waals surface area contributed by atoms with Gasteiger partial charge in [0.1, 0.15) is 5.69 Å². The lowest BCUT2D eigenvalue weighted by molar-refractivity contribution is -0.384. The molecule has 1 atom stereocenters. The number of para-hydroxylation sites is 1. The van der Waals surface area contributed by atoms with Crippen molar-refractivity contribution in [3.63, 3.8) is 0 Å². The molecule has 4 aromatic carbocycles. The molecule has 1 heterocycles. The molecule has 0 saturated heterocycles. The number of pyridine rings is 1. The van der Waals surface area contributed by atoms with Crippen molar-refractivity contribution < 1.29 is 19.2 Å². The molecule has 5 rings (SSSR count). The van der Waals surface area contributed by atoms with Crippen LogP contribution in [0.3, 0.4) is 0 Å². The number of benzene rings is 4. The molecule has 0 saturated carbocycles. The summed E-state index contributed by atoms with van der Waals surface area (Å²) in [6, 6.07) is 29.8. The number of rotatable bonds is 7. The molecule has 5 aromatic rings. The summed E-state index contributed by atoms with van der Waals surface area (Å²) >= 11 is 0. The standard InChI is InChI=1S/C32H25N3O5/c1-20-17-18-26(27(19-20)35(38)39)34-31(36)30(23-13-7-4-8-14-23)40-32(37)28-21(2)29(22-11-5-3-6-12-22)33-25-16-10-9-15-24(25)28/h3-19,30H,1-2H3,(H,34,36). The summed E-state index contributed by atoms with van der Waals surface area (Å²) in [5, 5.41) is 14.8. The summed E-state index contributed by atoms with van der Waals surface area (Å²) in [4.78, 5) is 43.3. The van der Waals surface area contributed by atoms with Gasteiger partial charge in [0.05, 0.1) is 21.7 Å². The lowest BCUT2D eigenvalue weighted by Gasteiger charge is -2.20. The number of aryl methyl sites for hydroxylation is 1. The first kappa shape index (κ1) is 26.2. The van der Waals surface area contributed by atoms with Crippen LogP contribution in [0.15, 0.2) is 103 Å². The molecule has 0 aliphatic heterocycles. The van der Waals surface area contributed by atoms with Gasteiger partial charge in [0.15, 0.2) is 0 Å². The minimum atomic E-state index is -1.37. The van der Waals surface area contributed by atoms with Gasteiger partial charge < -0.3 is 10.1 Å².